The summed E-state index contributed by atoms with van der Waals surface area (Å²) in [6, 6.07) is 0. The number of likely N-dealkylation sites (tertiary alicyclic amines) is 1. The van der Waals surface area contributed by atoms with Crippen molar-refractivity contribution in [2.45, 2.75) is 44.1 Å². The summed E-state index contributed by atoms with van der Waals surface area (Å²) in [5.74, 6) is 3.54. The molecule has 0 atom stereocenters. The van der Waals surface area contributed by atoms with Gasteiger partial charge in [0.25, 0.3) is 5.91 Å². The number of ether oxygens (including phenoxy) is 2. The lowest BCUT2D eigenvalue weighted by Gasteiger charge is -2.57. The minimum atomic E-state index is -0.0128. The maximum Gasteiger partial charge on any atom is 0.258 e. The molecule has 0 unspecified atom stereocenters. The maximum atomic E-state index is 12.8. The van der Waals surface area contributed by atoms with Gasteiger partial charge in [0.2, 0.25) is 5.88 Å². The zero-order valence-corrected chi connectivity index (χ0v) is 16.9. The quantitative estimate of drug-likeness (QED) is 0.738. The number of hydrogen-bond donors (Lipinski definition) is 2. The first kappa shape index (κ1) is 17.8. The predicted molar refractivity (Wildman–Crippen MR) is 108 cm³/mol. The topological polar surface area (TPSA) is 75.2 Å². The van der Waals surface area contributed by atoms with E-state index in [4.69, 9.17) is 9.47 Å². The molecule has 0 radical (unpaired) electrons. The summed E-state index contributed by atoms with van der Waals surface area (Å²) in [6.45, 7) is 7.44. The summed E-state index contributed by atoms with van der Waals surface area (Å²) in [5, 5.41) is 6.48. The number of nitrogens with one attached hydrogen (secondary N) is 2. The second-order valence-corrected chi connectivity index (χ2v) is 10.4. The third kappa shape index (κ3) is 3.05. The van der Waals surface area contributed by atoms with Gasteiger partial charge < -0.3 is 25.0 Å². The van der Waals surface area contributed by atoms with E-state index >= 15 is 0 Å². The lowest BCUT2D eigenvalue weighted by atomic mass is 9.53. The molecule has 156 valence electrons. The van der Waals surface area contributed by atoms with Crippen LogP contribution in [0.25, 0.3) is 0 Å². The highest BCUT2D eigenvalue weighted by Crippen LogP contribution is 2.55. The van der Waals surface area contributed by atoms with Gasteiger partial charge in [0.15, 0.2) is 6.61 Å². The lowest BCUT2D eigenvalue weighted by molar-refractivity contribution is -0.179. The molecule has 3 heterocycles. The molecule has 4 bridgehead atoms. The molecule has 2 N–H and O–H groups in total. The van der Waals surface area contributed by atoms with Crippen molar-refractivity contribution in [3.05, 3.63) is 24.0 Å². The number of carbonyl (C=O) groups excluding carboxylic acids is 1. The van der Waals surface area contributed by atoms with Crippen LogP contribution in [0.2, 0.25) is 0 Å². The van der Waals surface area contributed by atoms with E-state index in [9.17, 15) is 4.79 Å². The van der Waals surface area contributed by atoms with Crippen LogP contribution in [0.5, 0.6) is 0 Å². The average Bonchev–Trinajstić information content (AvgIpc) is 2.57. The minimum absolute atomic E-state index is 0.0128. The number of amides is 1. The van der Waals surface area contributed by atoms with Crippen molar-refractivity contribution in [2.24, 2.45) is 28.2 Å². The summed E-state index contributed by atoms with van der Waals surface area (Å²) in [7, 11) is 0. The number of allylic oxidation sites excluding steroid dienone is 1. The third-order valence-electron chi connectivity index (χ3n) is 7.83. The smallest absolute Gasteiger partial charge is 0.258 e. The molecule has 29 heavy (non-hydrogen) atoms. The molecule has 7 rings (SSSR count). The average molecular weight is 399 g/mol. The molecule has 0 aromatic heterocycles. The van der Waals surface area contributed by atoms with Gasteiger partial charge in [-0.1, -0.05) is 6.58 Å². The zero-order valence-electron chi connectivity index (χ0n) is 16.9. The van der Waals surface area contributed by atoms with Crippen LogP contribution in [0.1, 0.15) is 38.5 Å². The lowest BCUT2D eigenvalue weighted by Crippen LogP contribution is -2.65. The first-order chi connectivity index (χ1) is 14.0. The Kier molecular flexibility index (Phi) is 3.83. The van der Waals surface area contributed by atoms with Crippen molar-refractivity contribution in [2.75, 3.05) is 32.9 Å². The van der Waals surface area contributed by atoms with E-state index in [1.165, 1.54) is 19.3 Å². The van der Waals surface area contributed by atoms with Gasteiger partial charge in [-0.15, -0.1) is 0 Å². The van der Waals surface area contributed by atoms with Crippen molar-refractivity contribution >= 4 is 12.1 Å². The Balaban J connectivity index is 1.10. The van der Waals surface area contributed by atoms with Gasteiger partial charge >= 0.3 is 0 Å². The van der Waals surface area contributed by atoms with Gasteiger partial charge in [0, 0.05) is 18.6 Å². The Morgan fingerprint density at radius 3 is 2.48 bits per heavy atom. The monoisotopic (exact) mass is 398 g/mol. The summed E-state index contributed by atoms with van der Waals surface area (Å²) in [6.07, 6.45) is 9.35. The molecule has 0 aromatic rings. The molecule has 6 fully saturated rings. The molecule has 4 saturated carbocycles. The number of nitrogens with zero attached hydrogens (tertiary/aromatic N) is 2. The van der Waals surface area contributed by atoms with Crippen LogP contribution in [0.15, 0.2) is 29.0 Å². The standard InChI is InChI=1S/C22H30N4O3/c1-14-23-8-18(26-10-21(11-26)12-28-13-21)20(24-14)29-9-19(27)25-22-5-15-2-16(6-22)4-17(3-15)7-22/h8,15-17,24H,1-7,9-13H2,(H,25,27). The van der Waals surface area contributed by atoms with Gasteiger partial charge in [0.05, 0.1) is 24.8 Å². The van der Waals surface area contributed by atoms with E-state index in [1.807, 2.05) is 0 Å². The molecular weight excluding hydrogens is 368 g/mol. The van der Waals surface area contributed by atoms with Crippen molar-refractivity contribution in [3.8, 4) is 0 Å². The van der Waals surface area contributed by atoms with E-state index in [0.717, 1.165) is 69.0 Å². The highest BCUT2D eigenvalue weighted by atomic mass is 16.5. The molecule has 1 amide bonds. The largest absolute Gasteiger partial charge is 0.467 e. The number of rotatable bonds is 5. The SMILES string of the molecule is C=C1N=CC(N2CC3(COC3)C2)=C(OCC(=O)NC23CC4CC(CC(C4)C2)C3)N1. The van der Waals surface area contributed by atoms with Crippen LogP contribution in [-0.2, 0) is 14.3 Å². The van der Waals surface area contributed by atoms with E-state index in [2.05, 4.69) is 27.1 Å². The first-order valence-corrected chi connectivity index (χ1v) is 11.0. The number of aliphatic imine (C=N–C) groups is 1. The Morgan fingerprint density at radius 2 is 1.90 bits per heavy atom. The Bertz CT molecular complexity index is 770. The third-order valence-corrected chi connectivity index (χ3v) is 7.83. The maximum absolute atomic E-state index is 12.8. The molecule has 7 aliphatic rings. The molecule has 0 aromatic carbocycles. The van der Waals surface area contributed by atoms with Crippen molar-refractivity contribution in [1.29, 1.82) is 0 Å². The second-order valence-electron chi connectivity index (χ2n) is 10.4. The van der Waals surface area contributed by atoms with Crippen LogP contribution in [-0.4, -0.2) is 55.5 Å². The van der Waals surface area contributed by atoms with Crippen LogP contribution < -0.4 is 10.6 Å². The summed E-state index contributed by atoms with van der Waals surface area (Å²) in [4.78, 5) is 19.3. The normalized spacial score (nSPS) is 38.6. The van der Waals surface area contributed by atoms with Gasteiger partial charge in [-0.25, -0.2) is 4.99 Å². The van der Waals surface area contributed by atoms with Gasteiger partial charge in [-0.3, -0.25) is 4.79 Å². The zero-order chi connectivity index (χ0) is 19.6. The fourth-order valence-electron chi connectivity index (χ4n) is 7.00. The predicted octanol–water partition coefficient (Wildman–Crippen LogP) is 1.73. The Labute approximate surface area is 171 Å². The van der Waals surface area contributed by atoms with Crippen molar-refractivity contribution in [1.82, 2.24) is 15.5 Å². The molecule has 3 aliphatic heterocycles. The molecule has 1 spiro atoms. The Hall–Kier alpha value is -2.02. The highest BCUT2D eigenvalue weighted by Gasteiger charge is 2.52. The van der Waals surface area contributed by atoms with Crippen LogP contribution in [0.3, 0.4) is 0 Å². The van der Waals surface area contributed by atoms with E-state index in [1.54, 1.807) is 6.21 Å². The van der Waals surface area contributed by atoms with Crippen LogP contribution >= 0.6 is 0 Å². The van der Waals surface area contributed by atoms with Crippen molar-refractivity contribution in [3.63, 3.8) is 0 Å². The summed E-state index contributed by atoms with van der Waals surface area (Å²) < 4.78 is 11.3. The molecule has 2 saturated heterocycles. The van der Waals surface area contributed by atoms with E-state index < -0.39 is 0 Å². The number of hydrogen-bond acceptors (Lipinski definition) is 6. The number of carbonyl (C=O) groups is 1. The van der Waals surface area contributed by atoms with E-state index in [0.29, 0.717) is 17.1 Å². The summed E-state index contributed by atoms with van der Waals surface area (Å²) >= 11 is 0. The van der Waals surface area contributed by atoms with Crippen molar-refractivity contribution < 1.29 is 14.3 Å². The highest BCUT2D eigenvalue weighted by molar-refractivity contribution is 5.81. The van der Waals surface area contributed by atoms with Gasteiger partial charge in [0.1, 0.15) is 11.5 Å². The molecule has 7 heteroatoms. The molecular formula is C22H30N4O3. The fourth-order valence-corrected chi connectivity index (χ4v) is 7.00. The summed E-state index contributed by atoms with van der Waals surface area (Å²) in [5.41, 5.74) is 1.22. The molecule has 4 aliphatic carbocycles. The second kappa shape index (κ2) is 6.24. The van der Waals surface area contributed by atoms with Gasteiger partial charge in [-0.05, 0) is 56.3 Å². The van der Waals surface area contributed by atoms with Crippen LogP contribution in [0.4, 0.5) is 0 Å². The fraction of sp³-hybridized carbons (Fsp3) is 0.727. The molecule has 7 nitrogen and oxygen atoms in total. The minimum Gasteiger partial charge on any atom is -0.467 e. The Morgan fingerprint density at radius 1 is 1.24 bits per heavy atom. The van der Waals surface area contributed by atoms with Gasteiger partial charge in [-0.2, -0.15) is 0 Å². The van der Waals surface area contributed by atoms with E-state index in [-0.39, 0.29) is 18.1 Å². The van der Waals surface area contributed by atoms with Crippen LogP contribution in [0, 0.1) is 23.2 Å². The first-order valence-electron chi connectivity index (χ1n) is 11.0.